The van der Waals surface area contributed by atoms with Gasteiger partial charge in [-0.3, -0.25) is 4.79 Å². The lowest BCUT2D eigenvalue weighted by Crippen LogP contribution is -2.44. The van der Waals surface area contributed by atoms with Crippen LogP contribution in [0.15, 0.2) is 41.0 Å². The molecule has 1 N–H and O–H groups in total. The quantitative estimate of drug-likeness (QED) is 0.223. The Hall–Kier alpha value is -5.34. The fourth-order valence-corrected chi connectivity index (χ4v) is 5.10. The summed E-state index contributed by atoms with van der Waals surface area (Å²) in [6.07, 6.45) is 3.20. The van der Waals surface area contributed by atoms with E-state index in [1.807, 2.05) is 45.9 Å². The van der Waals surface area contributed by atoms with E-state index in [0.717, 1.165) is 11.1 Å². The molecule has 0 bridgehead atoms. The number of amides is 4. The van der Waals surface area contributed by atoms with Gasteiger partial charge in [0.05, 0.1) is 11.9 Å². The fraction of sp³-hybridized carbons (Fsp3) is 0.526. The molecule has 2 heterocycles. The molecule has 53 heavy (non-hydrogen) atoms. The Morgan fingerprint density at radius 2 is 1.42 bits per heavy atom. The Kier molecular flexibility index (Phi) is 12.3. The van der Waals surface area contributed by atoms with Crippen LogP contribution in [0.25, 0.3) is 28.6 Å². The monoisotopic (exact) mass is 733 g/mol. The van der Waals surface area contributed by atoms with Crippen LogP contribution < -0.4 is 10.2 Å². The Labute approximate surface area is 310 Å². The van der Waals surface area contributed by atoms with Crippen molar-refractivity contribution in [3.05, 3.63) is 47.8 Å². The van der Waals surface area contributed by atoms with Gasteiger partial charge in [0.1, 0.15) is 16.8 Å². The molecule has 1 aromatic carbocycles. The fourth-order valence-electron chi connectivity index (χ4n) is 5.10. The number of hydrogen-bond acceptors (Lipinski definition) is 12. The normalized spacial score (nSPS) is 14.8. The minimum atomic E-state index is -1.03. The minimum absolute atomic E-state index is 0.00433. The van der Waals surface area contributed by atoms with Gasteiger partial charge in [-0.05, 0) is 105 Å². The summed E-state index contributed by atoms with van der Waals surface area (Å²) in [5.41, 5.74) is 0.149. The van der Waals surface area contributed by atoms with E-state index in [1.165, 1.54) is 11.1 Å². The van der Waals surface area contributed by atoms with Gasteiger partial charge in [0.2, 0.25) is 11.8 Å². The van der Waals surface area contributed by atoms with Crippen LogP contribution in [0.4, 0.5) is 20.2 Å². The molecule has 1 aliphatic rings. The molecule has 4 rings (SSSR count). The smallest absolute Gasteiger partial charge is 0.425 e. The van der Waals surface area contributed by atoms with Gasteiger partial charge in [-0.15, -0.1) is 10.2 Å². The number of ether oxygens (including phenoxy) is 3. The third-order valence-corrected chi connectivity index (χ3v) is 7.50. The van der Waals surface area contributed by atoms with Gasteiger partial charge < -0.3 is 28.8 Å². The second kappa shape index (κ2) is 16.1. The van der Waals surface area contributed by atoms with E-state index in [9.17, 15) is 19.2 Å². The summed E-state index contributed by atoms with van der Waals surface area (Å²) in [6, 6.07) is 7.18. The number of hydrogen-bond donors (Lipinski definition) is 1. The molecule has 2 aromatic heterocycles. The number of aromatic nitrogens is 4. The van der Waals surface area contributed by atoms with Crippen LogP contribution in [0.5, 0.6) is 0 Å². The molecular weight excluding hydrogens is 682 g/mol. The highest BCUT2D eigenvalue weighted by Crippen LogP contribution is 2.34. The topological polar surface area (TPSA) is 179 Å². The predicted octanol–water partition coefficient (Wildman–Crippen LogP) is 7.70. The van der Waals surface area contributed by atoms with E-state index in [4.69, 9.17) is 23.6 Å². The van der Waals surface area contributed by atoms with Gasteiger partial charge in [-0.2, -0.15) is 4.90 Å². The van der Waals surface area contributed by atoms with Crippen molar-refractivity contribution in [2.45, 2.75) is 124 Å². The lowest BCUT2D eigenvalue weighted by Gasteiger charge is -2.28. The van der Waals surface area contributed by atoms with Gasteiger partial charge >= 0.3 is 18.3 Å². The van der Waals surface area contributed by atoms with Gasteiger partial charge in [0, 0.05) is 31.6 Å². The van der Waals surface area contributed by atoms with Crippen molar-refractivity contribution < 1.29 is 37.8 Å². The third kappa shape index (κ3) is 11.6. The van der Waals surface area contributed by atoms with Crippen LogP contribution in [0.1, 0.15) is 106 Å². The largest absolute Gasteiger partial charge is 0.444 e. The number of nitrogens with one attached hydrogen (secondary N) is 1. The Morgan fingerprint density at radius 1 is 0.849 bits per heavy atom. The molecule has 0 radical (unpaired) electrons. The van der Waals surface area contributed by atoms with Crippen LogP contribution in [-0.4, -0.2) is 79.1 Å². The summed E-state index contributed by atoms with van der Waals surface area (Å²) < 4.78 is 22.8. The summed E-state index contributed by atoms with van der Waals surface area (Å²) in [6.45, 7) is 17.6. The first-order valence-electron chi connectivity index (χ1n) is 17.6. The van der Waals surface area contributed by atoms with Crippen molar-refractivity contribution >= 4 is 35.6 Å². The van der Waals surface area contributed by atoms with Crippen LogP contribution in [0.2, 0.25) is 0 Å². The molecule has 0 fully saturated rings. The second-order valence-corrected chi connectivity index (χ2v) is 15.8. The van der Waals surface area contributed by atoms with Crippen molar-refractivity contribution in [2.75, 3.05) is 11.9 Å². The number of carbonyl (C=O) groups is 4. The van der Waals surface area contributed by atoms with Crippen molar-refractivity contribution in [1.82, 2.24) is 30.4 Å². The average Bonchev–Trinajstić information content (AvgIpc) is 3.53. The Balaban J connectivity index is 1.73. The van der Waals surface area contributed by atoms with E-state index >= 15 is 0 Å². The zero-order valence-corrected chi connectivity index (χ0v) is 32.5. The van der Waals surface area contributed by atoms with Crippen molar-refractivity contribution in [1.29, 1.82) is 0 Å². The van der Waals surface area contributed by atoms with E-state index in [1.54, 1.807) is 60.7 Å². The molecule has 15 nitrogen and oxygen atoms in total. The number of carbonyl (C=O) groups excluding carboxylic acids is 4. The number of nitrogens with zero attached hydrogens (tertiary/aromatic N) is 6. The Bertz CT molecular complexity index is 1800. The Morgan fingerprint density at radius 3 is 1.94 bits per heavy atom. The summed E-state index contributed by atoms with van der Waals surface area (Å²) in [4.78, 5) is 63.2. The van der Waals surface area contributed by atoms with E-state index in [-0.39, 0.29) is 35.2 Å². The maximum absolute atomic E-state index is 13.6. The first-order chi connectivity index (χ1) is 24.6. The molecule has 1 atom stereocenters. The summed E-state index contributed by atoms with van der Waals surface area (Å²) in [5, 5.41) is 11.5. The van der Waals surface area contributed by atoms with Crippen molar-refractivity contribution in [3.63, 3.8) is 0 Å². The molecule has 286 valence electrons. The predicted molar refractivity (Wildman–Crippen MR) is 197 cm³/mol. The first kappa shape index (κ1) is 40.4. The van der Waals surface area contributed by atoms with Crippen LogP contribution in [-0.2, 0) is 25.5 Å². The molecule has 15 heteroatoms. The van der Waals surface area contributed by atoms with Gasteiger partial charge in [0.25, 0.3) is 5.89 Å². The van der Waals surface area contributed by atoms with Gasteiger partial charge in [-0.1, -0.05) is 25.1 Å². The molecule has 0 saturated heterocycles. The number of imide groups is 1. The minimum Gasteiger partial charge on any atom is -0.444 e. The van der Waals surface area contributed by atoms with Crippen LogP contribution in [0.3, 0.4) is 0 Å². The first-order valence-corrected chi connectivity index (χ1v) is 17.6. The van der Waals surface area contributed by atoms with E-state index < -0.39 is 35.1 Å². The highest BCUT2D eigenvalue weighted by atomic mass is 16.6. The van der Waals surface area contributed by atoms with Gasteiger partial charge in [0.15, 0.2) is 11.5 Å². The lowest BCUT2D eigenvalue weighted by molar-refractivity contribution is -0.121. The van der Waals surface area contributed by atoms with Gasteiger partial charge in [-0.25, -0.2) is 24.4 Å². The number of allylic oxidation sites excluding steroid dienone is 1. The SMILES string of the molecule is CCC(=O)NC1CC=C(c2cnc(N(C(=O)OC(C)(C)C)C(=O)OC(C)(C)C)c(-c3nnc(-c4ccc(CN(C)C(=O)OC(C)(C)C)cc4)o3)n2)CC1. The van der Waals surface area contributed by atoms with Crippen LogP contribution >= 0.6 is 0 Å². The summed E-state index contributed by atoms with van der Waals surface area (Å²) in [7, 11) is 1.66. The molecule has 0 saturated carbocycles. The molecule has 0 spiro atoms. The van der Waals surface area contributed by atoms with E-state index in [2.05, 4.69) is 20.5 Å². The zero-order valence-electron chi connectivity index (χ0n) is 32.5. The molecule has 0 aliphatic heterocycles. The summed E-state index contributed by atoms with van der Waals surface area (Å²) in [5.74, 6) is -0.215. The summed E-state index contributed by atoms with van der Waals surface area (Å²) >= 11 is 0. The second-order valence-electron chi connectivity index (χ2n) is 15.8. The standard InChI is InChI=1S/C38H51N7O8/c1-12-28(46)40-26-19-17-24(18-20-26)27-21-39-30(45(34(48)52-37(5,6)7)35(49)53-38(8,9)10)29(41-27)32-43-42-31(50-32)25-15-13-23(14-16-25)22-44(11)33(47)51-36(2,3)4/h13-17,21,26H,12,18-20,22H2,1-11H3,(H,40,46). The highest BCUT2D eigenvalue weighted by Gasteiger charge is 2.37. The molecule has 4 amide bonds. The average molecular weight is 734 g/mol. The number of rotatable bonds is 8. The maximum Gasteiger partial charge on any atom is 0.425 e. The van der Waals surface area contributed by atoms with Crippen molar-refractivity contribution in [3.8, 4) is 23.0 Å². The molecule has 3 aromatic rings. The molecular formula is C38H51N7O8. The lowest BCUT2D eigenvalue weighted by atomic mass is 9.93. The number of benzene rings is 1. The molecule has 1 aliphatic carbocycles. The maximum atomic E-state index is 13.6. The van der Waals surface area contributed by atoms with E-state index in [0.29, 0.717) is 48.4 Å². The number of anilines is 1. The zero-order chi connectivity index (χ0) is 39.3. The van der Waals surface area contributed by atoms with Crippen LogP contribution in [0, 0.1) is 0 Å². The van der Waals surface area contributed by atoms with Crippen molar-refractivity contribution in [2.24, 2.45) is 0 Å². The third-order valence-electron chi connectivity index (χ3n) is 7.50. The highest BCUT2D eigenvalue weighted by molar-refractivity contribution is 6.10. The molecule has 1 unspecified atom stereocenters.